The normalized spacial score (nSPS) is 11.1. The largest absolute Gasteiger partial charge is 0.494 e. The van der Waals surface area contributed by atoms with Crippen molar-refractivity contribution >= 4 is 34.7 Å². The van der Waals surface area contributed by atoms with E-state index < -0.39 is 0 Å². The van der Waals surface area contributed by atoms with Crippen molar-refractivity contribution in [1.82, 2.24) is 9.38 Å². The molecule has 3 heterocycles. The zero-order valence-electron chi connectivity index (χ0n) is 15.1. The summed E-state index contributed by atoms with van der Waals surface area (Å²) >= 11 is 11.9. The van der Waals surface area contributed by atoms with Crippen LogP contribution in [0.4, 0.5) is 5.82 Å². The number of pyridine rings is 1. The van der Waals surface area contributed by atoms with Crippen molar-refractivity contribution in [2.24, 2.45) is 0 Å². The molecule has 0 fully saturated rings. The van der Waals surface area contributed by atoms with Crippen molar-refractivity contribution in [1.29, 1.82) is 0 Å². The zero-order valence-corrected chi connectivity index (χ0v) is 16.6. The lowest BCUT2D eigenvalue weighted by atomic mass is 10.3. The number of furan rings is 1. The first-order chi connectivity index (χ1) is 13.7. The van der Waals surface area contributed by atoms with Gasteiger partial charge in [0.05, 0.1) is 22.9 Å². The molecule has 0 unspecified atom stereocenters. The quantitative estimate of drug-likeness (QED) is 0.349. The number of nitrogens with zero attached hydrogens (tertiary/aromatic N) is 2. The Morgan fingerprint density at radius 1 is 1.04 bits per heavy atom. The van der Waals surface area contributed by atoms with E-state index in [1.807, 2.05) is 47.0 Å². The van der Waals surface area contributed by atoms with Crippen LogP contribution in [-0.2, 0) is 0 Å². The Kier molecular flexibility index (Phi) is 5.74. The second-order valence-corrected chi connectivity index (χ2v) is 7.09. The molecule has 1 N–H and O–H groups in total. The highest BCUT2D eigenvalue weighted by Gasteiger charge is 2.15. The number of anilines is 1. The van der Waals surface area contributed by atoms with Crippen LogP contribution >= 0.6 is 23.2 Å². The molecule has 7 heteroatoms. The maximum absolute atomic E-state index is 6.00. The third-order valence-corrected chi connectivity index (χ3v) is 5.05. The number of halogens is 2. The van der Waals surface area contributed by atoms with E-state index in [2.05, 4.69) is 10.3 Å². The Morgan fingerprint density at radius 2 is 1.96 bits per heavy atom. The van der Waals surface area contributed by atoms with E-state index in [0.29, 0.717) is 16.7 Å². The summed E-state index contributed by atoms with van der Waals surface area (Å²) < 4.78 is 13.3. The van der Waals surface area contributed by atoms with Crippen LogP contribution in [0, 0.1) is 0 Å². The number of ether oxygens (including phenoxy) is 1. The highest BCUT2D eigenvalue weighted by molar-refractivity contribution is 6.42. The van der Waals surface area contributed by atoms with Gasteiger partial charge in [-0.25, -0.2) is 4.98 Å². The second kappa shape index (κ2) is 8.59. The maximum Gasteiger partial charge on any atom is 0.156 e. The summed E-state index contributed by atoms with van der Waals surface area (Å²) in [4.78, 5) is 4.68. The van der Waals surface area contributed by atoms with Gasteiger partial charge in [-0.3, -0.25) is 4.40 Å². The van der Waals surface area contributed by atoms with Gasteiger partial charge in [-0.1, -0.05) is 29.3 Å². The first-order valence-corrected chi connectivity index (χ1v) is 9.80. The lowest BCUT2D eigenvalue weighted by molar-refractivity contribution is 0.308. The molecule has 0 atom stereocenters. The van der Waals surface area contributed by atoms with Crippen LogP contribution in [0.15, 0.2) is 65.4 Å². The Balaban J connectivity index is 1.34. The van der Waals surface area contributed by atoms with Crippen molar-refractivity contribution in [2.45, 2.75) is 12.8 Å². The van der Waals surface area contributed by atoms with E-state index in [9.17, 15) is 0 Å². The van der Waals surface area contributed by atoms with Crippen molar-refractivity contribution in [3.8, 4) is 17.2 Å². The number of nitrogens with one attached hydrogen (secondary N) is 1. The molecule has 144 valence electrons. The minimum absolute atomic E-state index is 0.499. The number of rotatable bonds is 8. The smallest absolute Gasteiger partial charge is 0.156 e. The molecule has 0 saturated heterocycles. The molecule has 3 aromatic heterocycles. The third kappa shape index (κ3) is 4.11. The first kappa shape index (κ1) is 18.7. The fourth-order valence-electron chi connectivity index (χ4n) is 2.94. The van der Waals surface area contributed by atoms with Gasteiger partial charge in [0.25, 0.3) is 0 Å². The molecule has 4 rings (SSSR count). The number of benzene rings is 1. The monoisotopic (exact) mass is 415 g/mol. The molecule has 0 bridgehead atoms. The van der Waals surface area contributed by atoms with Crippen LogP contribution in [0.3, 0.4) is 0 Å². The molecule has 0 saturated carbocycles. The highest BCUT2D eigenvalue weighted by Crippen LogP contribution is 2.29. The van der Waals surface area contributed by atoms with Gasteiger partial charge in [0.2, 0.25) is 0 Å². The summed E-state index contributed by atoms with van der Waals surface area (Å²) in [6.45, 7) is 1.40. The average Bonchev–Trinajstić information content (AvgIpc) is 3.35. The number of fused-ring (bicyclic) bond motifs is 1. The van der Waals surface area contributed by atoms with E-state index in [0.717, 1.165) is 48.1 Å². The summed E-state index contributed by atoms with van der Waals surface area (Å²) in [7, 11) is 0. The van der Waals surface area contributed by atoms with Gasteiger partial charge in [-0.15, -0.1) is 0 Å². The van der Waals surface area contributed by atoms with E-state index in [1.165, 1.54) is 0 Å². The number of aromatic nitrogens is 2. The molecular weight excluding hydrogens is 397 g/mol. The van der Waals surface area contributed by atoms with Gasteiger partial charge in [0, 0.05) is 18.8 Å². The molecule has 4 aromatic rings. The Labute approximate surface area is 172 Å². The number of hydrogen-bond donors (Lipinski definition) is 1. The predicted octanol–water partition coefficient (Wildman–Crippen LogP) is 6.17. The fourth-order valence-corrected chi connectivity index (χ4v) is 3.23. The summed E-state index contributed by atoms with van der Waals surface area (Å²) in [5.41, 5.74) is 1.68. The minimum Gasteiger partial charge on any atom is -0.494 e. The topological polar surface area (TPSA) is 51.7 Å². The van der Waals surface area contributed by atoms with Crippen LogP contribution in [-0.4, -0.2) is 22.5 Å². The molecule has 1 aromatic carbocycles. The molecule has 0 aliphatic rings. The van der Waals surface area contributed by atoms with Crippen molar-refractivity contribution in [3.63, 3.8) is 0 Å². The standard InChI is InChI=1S/C21H19Cl2N3O2/c22-16-9-8-15(14-17(16)23)27-12-4-2-10-24-21-20(18-6-5-13-28-18)25-19-7-1-3-11-26(19)21/h1,3,5-9,11,13-14,24H,2,4,10,12H2. The van der Waals surface area contributed by atoms with Crippen molar-refractivity contribution in [3.05, 3.63) is 71.0 Å². The summed E-state index contributed by atoms with van der Waals surface area (Å²) in [5, 5.41) is 4.51. The van der Waals surface area contributed by atoms with E-state index >= 15 is 0 Å². The van der Waals surface area contributed by atoms with Crippen LogP contribution in [0.2, 0.25) is 10.0 Å². The molecule has 0 spiro atoms. The Bertz CT molecular complexity index is 1060. The van der Waals surface area contributed by atoms with Crippen LogP contribution in [0.25, 0.3) is 17.1 Å². The lowest BCUT2D eigenvalue weighted by Gasteiger charge is -2.09. The lowest BCUT2D eigenvalue weighted by Crippen LogP contribution is -2.07. The van der Waals surface area contributed by atoms with E-state index in [4.69, 9.17) is 32.4 Å². The van der Waals surface area contributed by atoms with E-state index in [1.54, 1.807) is 18.4 Å². The highest BCUT2D eigenvalue weighted by atomic mass is 35.5. The van der Waals surface area contributed by atoms with Gasteiger partial charge in [0.15, 0.2) is 5.76 Å². The van der Waals surface area contributed by atoms with Gasteiger partial charge < -0.3 is 14.5 Å². The third-order valence-electron chi connectivity index (χ3n) is 4.31. The van der Waals surface area contributed by atoms with Crippen LogP contribution < -0.4 is 10.1 Å². The minimum atomic E-state index is 0.499. The fraction of sp³-hybridized carbons (Fsp3) is 0.190. The molecule has 0 aliphatic heterocycles. The van der Waals surface area contributed by atoms with Crippen LogP contribution in [0.5, 0.6) is 5.75 Å². The van der Waals surface area contributed by atoms with Gasteiger partial charge in [-0.05, 0) is 49.2 Å². The molecule has 0 amide bonds. The first-order valence-electron chi connectivity index (χ1n) is 9.05. The predicted molar refractivity (Wildman–Crippen MR) is 113 cm³/mol. The number of hydrogen-bond acceptors (Lipinski definition) is 4. The van der Waals surface area contributed by atoms with Gasteiger partial charge >= 0.3 is 0 Å². The molecule has 28 heavy (non-hydrogen) atoms. The summed E-state index contributed by atoms with van der Waals surface area (Å²) in [6, 6.07) is 15.0. The van der Waals surface area contributed by atoms with Gasteiger partial charge in [0.1, 0.15) is 22.9 Å². The maximum atomic E-state index is 6.00. The molecule has 0 radical (unpaired) electrons. The Hall–Kier alpha value is -2.63. The van der Waals surface area contributed by atoms with Gasteiger partial charge in [-0.2, -0.15) is 0 Å². The molecular formula is C21H19Cl2N3O2. The zero-order chi connectivity index (χ0) is 19.3. The summed E-state index contributed by atoms with van der Waals surface area (Å²) in [6.07, 6.45) is 5.49. The van der Waals surface area contributed by atoms with Crippen molar-refractivity contribution in [2.75, 3.05) is 18.5 Å². The molecule has 0 aliphatic carbocycles. The average molecular weight is 416 g/mol. The molecule has 5 nitrogen and oxygen atoms in total. The second-order valence-electron chi connectivity index (χ2n) is 6.27. The van der Waals surface area contributed by atoms with Crippen LogP contribution in [0.1, 0.15) is 12.8 Å². The van der Waals surface area contributed by atoms with E-state index in [-0.39, 0.29) is 0 Å². The number of unbranched alkanes of at least 4 members (excludes halogenated alkanes) is 1. The SMILES string of the molecule is Clc1ccc(OCCCCNc2c(-c3ccco3)nc3ccccn23)cc1Cl. The Morgan fingerprint density at radius 3 is 2.79 bits per heavy atom. The van der Waals surface area contributed by atoms with Crippen molar-refractivity contribution < 1.29 is 9.15 Å². The number of imidazole rings is 1. The summed E-state index contributed by atoms with van der Waals surface area (Å²) in [5.74, 6) is 2.40.